The van der Waals surface area contributed by atoms with Crippen molar-refractivity contribution in [2.45, 2.75) is 12.5 Å². The molecule has 0 radical (unpaired) electrons. The Bertz CT molecular complexity index is 707. The molecule has 21 heavy (non-hydrogen) atoms. The number of aliphatic carboxylic acids is 1. The summed E-state index contributed by atoms with van der Waals surface area (Å²) in [6.07, 6.45) is 0.556. The van der Waals surface area contributed by atoms with Gasteiger partial charge in [0.1, 0.15) is 11.8 Å². The largest absolute Gasteiger partial charge is 0.508 e. The molecule has 0 fully saturated rings. The first-order valence-electron chi connectivity index (χ1n) is 5.67. The summed E-state index contributed by atoms with van der Waals surface area (Å²) in [5.74, 6) is -1.44. The van der Waals surface area contributed by atoms with Gasteiger partial charge in [0.15, 0.2) is 14.9 Å². The second-order valence-electron chi connectivity index (χ2n) is 4.54. The van der Waals surface area contributed by atoms with E-state index in [-0.39, 0.29) is 12.2 Å². The molecule has 0 aromatic heterocycles. The number of carbonyl (C=O) groups is 1. The summed E-state index contributed by atoms with van der Waals surface area (Å²) in [4.78, 5) is 11.1. The number of sulfonamides is 1. The van der Waals surface area contributed by atoms with Crippen molar-refractivity contribution in [2.24, 2.45) is 0 Å². The molecule has 0 saturated heterocycles. The minimum Gasteiger partial charge on any atom is -0.508 e. The van der Waals surface area contributed by atoms with E-state index in [1.165, 1.54) is 24.3 Å². The number of rotatable bonds is 7. The van der Waals surface area contributed by atoms with Crippen molar-refractivity contribution in [3.8, 4) is 5.75 Å². The van der Waals surface area contributed by atoms with E-state index in [1.807, 2.05) is 4.72 Å². The number of phenolic OH excluding ortho intramolecular Hbond substituents is 1. The van der Waals surface area contributed by atoms with Crippen LogP contribution in [-0.2, 0) is 31.1 Å². The fraction of sp³-hybridized carbons (Fsp3) is 0.364. The molecule has 0 saturated carbocycles. The highest BCUT2D eigenvalue weighted by atomic mass is 32.3. The lowest BCUT2D eigenvalue weighted by Gasteiger charge is -2.14. The second-order valence-corrected chi connectivity index (χ2v) is 8.80. The monoisotopic (exact) mass is 337 g/mol. The van der Waals surface area contributed by atoms with Gasteiger partial charge < -0.3 is 10.2 Å². The summed E-state index contributed by atoms with van der Waals surface area (Å²) in [7, 11) is -8.09. The molecular weight excluding hydrogens is 322 g/mol. The smallest absolute Gasteiger partial charge is 0.322 e. The molecule has 0 bridgehead atoms. The molecule has 0 aliphatic carbocycles. The average molecular weight is 337 g/mol. The molecule has 0 amide bonds. The Morgan fingerprint density at radius 2 is 1.71 bits per heavy atom. The molecule has 0 heterocycles. The van der Waals surface area contributed by atoms with Crippen LogP contribution in [0.3, 0.4) is 0 Å². The van der Waals surface area contributed by atoms with Crippen LogP contribution in [0.5, 0.6) is 5.75 Å². The fourth-order valence-electron chi connectivity index (χ4n) is 1.58. The minimum absolute atomic E-state index is 0.0108. The quantitative estimate of drug-likeness (QED) is 0.598. The third kappa shape index (κ3) is 6.56. The molecule has 1 rings (SSSR count). The van der Waals surface area contributed by atoms with Gasteiger partial charge in [-0.1, -0.05) is 12.1 Å². The highest BCUT2D eigenvalue weighted by Crippen LogP contribution is 2.12. The van der Waals surface area contributed by atoms with E-state index in [2.05, 4.69) is 0 Å². The first-order valence-corrected chi connectivity index (χ1v) is 9.38. The number of nitrogens with one attached hydrogen (secondary N) is 1. The van der Waals surface area contributed by atoms with E-state index in [4.69, 9.17) is 10.2 Å². The molecule has 0 spiro atoms. The molecule has 0 aliphatic rings. The maximum atomic E-state index is 11.6. The lowest BCUT2D eigenvalue weighted by molar-refractivity contribution is -0.138. The van der Waals surface area contributed by atoms with Gasteiger partial charge in [0.05, 0.1) is 0 Å². The predicted molar refractivity (Wildman–Crippen MR) is 75.0 cm³/mol. The normalized spacial score (nSPS) is 13.8. The van der Waals surface area contributed by atoms with Gasteiger partial charge in [0.2, 0.25) is 10.0 Å². The third-order valence-electron chi connectivity index (χ3n) is 2.37. The van der Waals surface area contributed by atoms with Gasteiger partial charge in [-0.2, -0.15) is 4.72 Å². The number of sulfone groups is 1. The van der Waals surface area contributed by atoms with Crippen LogP contribution < -0.4 is 4.72 Å². The Balaban J connectivity index is 2.88. The number of aromatic hydroxyl groups is 1. The average Bonchev–Trinajstić information content (AvgIpc) is 2.27. The molecule has 8 nitrogen and oxygen atoms in total. The van der Waals surface area contributed by atoms with Crippen molar-refractivity contribution in [2.75, 3.05) is 11.3 Å². The Labute approximate surface area is 122 Å². The maximum absolute atomic E-state index is 11.6. The van der Waals surface area contributed by atoms with Gasteiger partial charge in [-0.15, -0.1) is 0 Å². The molecule has 118 valence electrons. The van der Waals surface area contributed by atoms with E-state index in [9.17, 15) is 21.6 Å². The standard InChI is InChI=1S/C11H15NO7S2/c1-20(16,17)7-21(18,19)12-10(11(14)15)6-8-2-4-9(13)5-3-8/h2-5,10,12-13H,6-7H2,1H3,(H,14,15)/t10-/m0/s1. The van der Waals surface area contributed by atoms with Gasteiger partial charge in [0, 0.05) is 6.26 Å². The minimum atomic E-state index is -4.28. The molecule has 1 atom stereocenters. The van der Waals surface area contributed by atoms with Crippen LogP contribution in [0, 0.1) is 0 Å². The summed E-state index contributed by atoms with van der Waals surface area (Å²) in [5, 5.41) is 17.0. The van der Waals surface area contributed by atoms with Crippen LogP contribution >= 0.6 is 0 Å². The van der Waals surface area contributed by atoms with Gasteiger partial charge in [-0.05, 0) is 24.1 Å². The zero-order chi connectivity index (χ0) is 16.3. The molecular formula is C11H15NO7S2. The zero-order valence-corrected chi connectivity index (χ0v) is 12.7. The van der Waals surface area contributed by atoms with Gasteiger partial charge in [0.25, 0.3) is 0 Å². The topological polar surface area (TPSA) is 138 Å². The van der Waals surface area contributed by atoms with Crippen molar-refractivity contribution in [1.29, 1.82) is 0 Å². The summed E-state index contributed by atoms with van der Waals surface area (Å²) in [6, 6.07) is 4.05. The van der Waals surface area contributed by atoms with Crippen molar-refractivity contribution in [1.82, 2.24) is 4.72 Å². The van der Waals surface area contributed by atoms with Crippen LogP contribution in [0.1, 0.15) is 5.56 Å². The number of hydrogen-bond donors (Lipinski definition) is 3. The molecule has 0 unspecified atom stereocenters. The summed E-state index contributed by atoms with van der Waals surface area (Å²) >= 11 is 0. The number of carboxylic acids is 1. The number of benzene rings is 1. The Morgan fingerprint density at radius 3 is 2.14 bits per heavy atom. The van der Waals surface area contributed by atoms with Crippen LogP contribution in [0.2, 0.25) is 0 Å². The first-order chi connectivity index (χ1) is 9.48. The van der Waals surface area contributed by atoms with Gasteiger partial charge >= 0.3 is 5.97 Å². The maximum Gasteiger partial charge on any atom is 0.322 e. The lowest BCUT2D eigenvalue weighted by Crippen LogP contribution is -2.44. The van der Waals surface area contributed by atoms with E-state index in [1.54, 1.807) is 0 Å². The molecule has 3 N–H and O–H groups in total. The Morgan fingerprint density at radius 1 is 1.19 bits per heavy atom. The summed E-state index contributed by atoms with van der Waals surface area (Å²) in [5.41, 5.74) is 0.474. The van der Waals surface area contributed by atoms with Crippen molar-refractivity contribution in [3.05, 3.63) is 29.8 Å². The van der Waals surface area contributed by atoms with Crippen LogP contribution in [-0.4, -0.2) is 50.4 Å². The predicted octanol–water partition coefficient (Wildman–Crippen LogP) is -0.691. The van der Waals surface area contributed by atoms with Crippen LogP contribution in [0.15, 0.2) is 24.3 Å². The van der Waals surface area contributed by atoms with Crippen molar-refractivity contribution >= 4 is 25.8 Å². The number of carboxylic acid groups (broad SMARTS) is 1. The zero-order valence-electron chi connectivity index (χ0n) is 11.1. The van der Waals surface area contributed by atoms with E-state index in [0.717, 1.165) is 6.26 Å². The van der Waals surface area contributed by atoms with E-state index >= 15 is 0 Å². The number of phenols is 1. The van der Waals surface area contributed by atoms with E-state index < -0.39 is 37.0 Å². The molecule has 10 heteroatoms. The molecule has 1 aromatic rings. The van der Waals surface area contributed by atoms with Crippen LogP contribution in [0.4, 0.5) is 0 Å². The van der Waals surface area contributed by atoms with Crippen LogP contribution in [0.25, 0.3) is 0 Å². The van der Waals surface area contributed by atoms with Crippen molar-refractivity contribution in [3.63, 3.8) is 0 Å². The third-order valence-corrected chi connectivity index (χ3v) is 5.96. The second kappa shape index (κ2) is 6.41. The first kappa shape index (κ1) is 17.4. The summed E-state index contributed by atoms with van der Waals surface area (Å²) < 4.78 is 47.1. The SMILES string of the molecule is CS(=O)(=O)CS(=O)(=O)N[C@@H](Cc1ccc(O)cc1)C(=O)O. The number of hydrogen-bond acceptors (Lipinski definition) is 6. The molecule has 0 aliphatic heterocycles. The Hall–Kier alpha value is -1.65. The highest BCUT2D eigenvalue weighted by Gasteiger charge is 2.27. The molecule has 1 aromatic carbocycles. The van der Waals surface area contributed by atoms with Gasteiger partial charge in [-0.3, -0.25) is 4.79 Å². The lowest BCUT2D eigenvalue weighted by atomic mass is 10.1. The van der Waals surface area contributed by atoms with Crippen molar-refractivity contribution < 1.29 is 31.8 Å². The van der Waals surface area contributed by atoms with E-state index in [0.29, 0.717) is 5.56 Å². The summed E-state index contributed by atoms with van der Waals surface area (Å²) in [6.45, 7) is 0. The van der Waals surface area contributed by atoms with Gasteiger partial charge in [-0.25, -0.2) is 16.8 Å². The highest BCUT2D eigenvalue weighted by molar-refractivity contribution is 8.06. The fourth-order valence-corrected chi connectivity index (χ4v) is 4.72. The Kier molecular flexibility index (Phi) is 5.31.